The second kappa shape index (κ2) is 56.7. The van der Waals surface area contributed by atoms with Crippen molar-refractivity contribution in [1.29, 1.82) is 0 Å². The van der Waals surface area contributed by atoms with Gasteiger partial charge in [0.15, 0.2) is 6.10 Å². The minimum absolute atomic E-state index is 0.0816. The summed E-state index contributed by atoms with van der Waals surface area (Å²) < 4.78 is 16.9. The molecule has 0 aromatic carbocycles. The number of ether oxygens (including phenoxy) is 3. The first kappa shape index (κ1) is 65.1. The maximum absolute atomic E-state index is 12.9. The zero-order valence-electron chi connectivity index (χ0n) is 45.1. The van der Waals surface area contributed by atoms with E-state index in [0.717, 1.165) is 109 Å². The lowest BCUT2D eigenvalue weighted by Crippen LogP contribution is -2.30. The zero-order valence-corrected chi connectivity index (χ0v) is 45.1. The van der Waals surface area contributed by atoms with E-state index in [1.165, 1.54) is 148 Å². The molecule has 0 aliphatic rings. The average Bonchev–Trinajstić information content (AvgIpc) is 3.34. The van der Waals surface area contributed by atoms with Crippen molar-refractivity contribution in [2.45, 2.75) is 303 Å². The third-order valence-electron chi connectivity index (χ3n) is 12.8. The van der Waals surface area contributed by atoms with E-state index < -0.39 is 6.10 Å². The highest BCUT2D eigenvalue weighted by atomic mass is 16.6. The molecule has 0 fully saturated rings. The number of hydrogen-bond acceptors (Lipinski definition) is 6. The summed E-state index contributed by atoms with van der Waals surface area (Å²) in [7, 11) is 0. The lowest BCUT2D eigenvalue weighted by Gasteiger charge is -2.18. The van der Waals surface area contributed by atoms with Gasteiger partial charge in [0.2, 0.25) is 0 Å². The Bertz CT molecular complexity index is 1230. The number of carbonyl (C=O) groups excluding carboxylic acids is 3. The molecule has 0 saturated heterocycles. The van der Waals surface area contributed by atoms with Crippen LogP contribution < -0.4 is 0 Å². The first-order chi connectivity index (χ1) is 33.5. The molecule has 68 heavy (non-hydrogen) atoms. The summed E-state index contributed by atoms with van der Waals surface area (Å²) in [5.41, 5.74) is 0. The quantitative estimate of drug-likeness (QED) is 0.0262. The molecule has 6 heteroatoms. The molecule has 0 heterocycles. The van der Waals surface area contributed by atoms with E-state index in [2.05, 4.69) is 81.5 Å². The highest BCUT2D eigenvalue weighted by molar-refractivity contribution is 5.71. The van der Waals surface area contributed by atoms with Crippen molar-refractivity contribution in [2.24, 2.45) is 0 Å². The van der Waals surface area contributed by atoms with Gasteiger partial charge in [0.1, 0.15) is 13.2 Å². The zero-order chi connectivity index (χ0) is 49.3. The topological polar surface area (TPSA) is 78.9 Å². The molecule has 0 saturated carbocycles. The van der Waals surface area contributed by atoms with Gasteiger partial charge in [-0.15, -0.1) is 0 Å². The van der Waals surface area contributed by atoms with E-state index in [-0.39, 0.29) is 31.1 Å². The maximum Gasteiger partial charge on any atom is 0.306 e. The van der Waals surface area contributed by atoms with Crippen molar-refractivity contribution in [3.8, 4) is 0 Å². The Labute approximate surface area is 421 Å². The number of hydrogen-bond donors (Lipinski definition) is 0. The predicted molar refractivity (Wildman–Crippen MR) is 293 cm³/mol. The summed E-state index contributed by atoms with van der Waals surface area (Å²) in [5, 5.41) is 0. The van der Waals surface area contributed by atoms with Crippen LogP contribution in [0.25, 0.3) is 0 Å². The average molecular weight is 952 g/mol. The van der Waals surface area contributed by atoms with Gasteiger partial charge in [-0.1, -0.05) is 255 Å². The maximum atomic E-state index is 12.9. The lowest BCUT2D eigenvalue weighted by molar-refractivity contribution is -0.167. The van der Waals surface area contributed by atoms with Crippen molar-refractivity contribution < 1.29 is 28.6 Å². The van der Waals surface area contributed by atoms with E-state index >= 15 is 0 Å². The van der Waals surface area contributed by atoms with Crippen LogP contribution in [0.1, 0.15) is 297 Å². The van der Waals surface area contributed by atoms with Crippen LogP contribution in [0.3, 0.4) is 0 Å². The summed E-state index contributed by atoms with van der Waals surface area (Å²) >= 11 is 0. The van der Waals surface area contributed by atoms with Crippen molar-refractivity contribution in [1.82, 2.24) is 0 Å². The number of carbonyl (C=O) groups is 3. The van der Waals surface area contributed by atoms with E-state index in [1.54, 1.807) is 0 Å². The second-order valence-corrected chi connectivity index (χ2v) is 19.5. The van der Waals surface area contributed by atoms with Gasteiger partial charge in [-0.2, -0.15) is 0 Å². The summed E-state index contributed by atoms with van der Waals surface area (Å²) in [5.74, 6) is -0.892. The van der Waals surface area contributed by atoms with Crippen molar-refractivity contribution in [3.63, 3.8) is 0 Å². The van der Waals surface area contributed by atoms with Crippen LogP contribution in [0.5, 0.6) is 0 Å². The first-order valence-corrected chi connectivity index (χ1v) is 29.3. The minimum Gasteiger partial charge on any atom is -0.462 e. The molecule has 0 aromatic heterocycles. The molecule has 0 bridgehead atoms. The molecule has 1 atom stereocenters. The van der Waals surface area contributed by atoms with Gasteiger partial charge in [-0.05, 0) is 83.5 Å². The van der Waals surface area contributed by atoms with Gasteiger partial charge in [0.05, 0.1) is 0 Å². The third kappa shape index (κ3) is 54.1. The predicted octanol–water partition coefficient (Wildman–Crippen LogP) is 19.6. The SMILES string of the molecule is CC/C=C\C/C=C\C/C=C\CCCCCCCC(=O)OCC(COC(=O)CCCCCCCCC/C=C\C/C=C\CCCCCC)OC(=O)CCCCCCCCCCCCCCCCCCC. The van der Waals surface area contributed by atoms with Crippen LogP contribution in [-0.4, -0.2) is 37.2 Å². The fourth-order valence-electron chi connectivity index (χ4n) is 8.37. The van der Waals surface area contributed by atoms with Crippen LogP contribution in [-0.2, 0) is 28.6 Å². The molecule has 394 valence electrons. The molecule has 0 spiro atoms. The monoisotopic (exact) mass is 951 g/mol. The molecule has 0 aliphatic carbocycles. The molecule has 0 rings (SSSR count). The summed E-state index contributed by atoms with van der Waals surface area (Å²) in [6.45, 7) is 6.52. The Morgan fingerprint density at radius 1 is 0.309 bits per heavy atom. The fraction of sp³-hybridized carbons (Fsp3) is 0.790. The van der Waals surface area contributed by atoms with Gasteiger partial charge in [0.25, 0.3) is 0 Å². The second-order valence-electron chi connectivity index (χ2n) is 19.5. The van der Waals surface area contributed by atoms with Gasteiger partial charge in [-0.25, -0.2) is 0 Å². The Morgan fingerprint density at radius 3 is 0.912 bits per heavy atom. The smallest absolute Gasteiger partial charge is 0.306 e. The van der Waals surface area contributed by atoms with Crippen LogP contribution in [0.2, 0.25) is 0 Å². The summed E-state index contributed by atoms with van der Waals surface area (Å²) in [6.07, 6.45) is 70.6. The minimum atomic E-state index is -0.783. The van der Waals surface area contributed by atoms with Crippen molar-refractivity contribution in [3.05, 3.63) is 60.8 Å². The fourth-order valence-corrected chi connectivity index (χ4v) is 8.37. The Balaban J connectivity index is 4.39. The molecule has 0 N–H and O–H groups in total. The normalized spacial score (nSPS) is 12.5. The summed E-state index contributed by atoms with van der Waals surface area (Å²) in [4.78, 5) is 38.2. The van der Waals surface area contributed by atoms with E-state index in [1.807, 2.05) is 0 Å². The number of esters is 3. The van der Waals surface area contributed by atoms with E-state index in [0.29, 0.717) is 19.3 Å². The molecule has 1 unspecified atom stereocenters. The molecule has 6 nitrogen and oxygen atoms in total. The van der Waals surface area contributed by atoms with Gasteiger partial charge < -0.3 is 14.2 Å². The molecular formula is C62H110O6. The number of unbranched alkanes of at least 4 members (excludes halogenated alkanes) is 32. The van der Waals surface area contributed by atoms with E-state index in [4.69, 9.17) is 14.2 Å². The summed E-state index contributed by atoms with van der Waals surface area (Å²) in [6, 6.07) is 0. The Morgan fingerprint density at radius 2 is 0.574 bits per heavy atom. The van der Waals surface area contributed by atoms with Gasteiger partial charge in [0, 0.05) is 19.3 Å². The van der Waals surface area contributed by atoms with Crippen LogP contribution in [0.4, 0.5) is 0 Å². The molecular weight excluding hydrogens is 841 g/mol. The highest BCUT2D eigenvalue weighted by Crippen LogP contribution is 2.16. The van der Waals surface area contributed by atoms with Crippen molar-refractivity contribution >= 4 is 17.9 Å². The standard InChI is InChI=1S/C62H110O6/c1-4-7-10-13-16-19-22-25-28-30-32-34-37-40-43-46-49-52-55-61(64)67-58-59(57-66-60(63)54-51-48-45-42-39-36-33-27-24-21-18-15-12-9-6-3)68-62(65)56-53-50-47-44-41-38-35-31-29-26-23-20-17-14-11-8-5-2/h9,12,18-19,21-22,27-28,30,33,59H,4-8,10-11,13-17,20,23-26,29,31-32,34-58H2,1-3H3/b12-9-,21-18-,22-19-,30-28-,33-27-. The van der Waals surface area contributed by atoms with Crippen LogP contribution in [0.15, 0.2) is 60.8 Å². The van der Waals surface area contributed by atoms with Crippen LogP contribution in [0, 0.1) is 0 Å². The van der Waals surface area contributed by atoms with Gasteiger partial charge >= 0.3 is 17.9 Å². The van der Waals surface area contributed by atoms with Gasteiger partial charge in [-0.3, -0.25) is 14.4 Å². The molecule has 0 aliphatic heterocycles. The Kier molecular flexibility index (Phi) is 54.3. The molecule has 0 amide bonds. The molecule has 0 aromatic rings. The third-order valence-corrected chi connectivity index (χ3v) is 12.8. The largest absolute Gasteiger partial charge is 0.462 e. The highest BCUT2D eigenvalue weighted by Gasteiger charge is 2.19. The lowest BCUT2D eigenvalue weighted by atomic mass is 10.0. The van der Waals surface area contributed by atoms with Crippen LogP contribution >= 0.6 is 0 Å². The molecule has 0 radical (unpaired) electrons. The first-order valence-electron chi connectivity index (χ1n) is 29.3. The Hall–Kier alpha value is -2.89. The van der Waals surface area contributed by atoms with Crippen molar-refractivity contribution in [2.75, 3.05) is 13.2 Å². The van der Waals surface area contributed by atoms with E-state index in [9.17, 15) is 14.4 Å². The number of allylic oxidation sites excluding steroid dienone is 10. The number of rotatable bonds is 53.